The molecule has 99 valence electrons. The first-order valence-corrected chi connectivity index (χ1v) is 4.72. The van der Waals surface area contributed by atoms with Gasteiger partial charge in [-0.05, 0) is 11.6 Å². The summed E-state index contributed by atoms with van der Waals surface area (Å²) < 4.78 is 52.1. The van der Waals surface area contributed by atoms with E-state index in [4.69, 9.17) is 0 Å². The molecule has 7 heteroatoms. The summed E-state index contributed by atoms with van der Waals surface area (Å²) in [5, 5.41) is 3.77. The third-order valence-corrected chi connectivity index (χ3v) is 2.18. The molecule has 0 unspecified atom stereocenters. The van der Waals surface area contributed by atoms with Gasteiger partial charge in [0, 0.05) is 44.9 Å². The minimum atomic E-state index is -4.52. The Morgan fingerprint density at radius 2 is 2.00 bits per heavy atom. The van der Waals surface area contributed by atoms with Crippen LogP contribution in [0.4, 0.5) is 17.6 Å². The molecule has 1 aromatic carbocycles. The Bertz CT molecular complexity index is 508. The number of aromatic nitrogens is 2. The molecular formula is C11H7F4IrN2-. The number of halogens is 4. The Hall–Kier alpha value is -1.20. The van der Waals surface area contributed by atoms with E-state index in [2.05, 4.69) is 11.2 Å². The fraction of sp³-hybridized carbons (Fsp3) is 0.182. The quantitative estimate of drug-likeness (QED) is 0.524. The van der Waals surface area contributed by atoms with E-state index in [1.54, 1.807) is 6.07 Å². The van der Waals surface area contributed by atoms with Crippen LogP contribution >= 0.6 is 0 Å². The minimum Gasteiger partial charge on any atom is -0.270 e. The molecular weight excluding hydrogens is 428 g/mol. The first kappa shape index (κ1) is 14.9. The van der Waals surface area contributed by atoms with Gasteiger partial charge in [0.05, 0.1) is 0 Å². The third-order valence-electron chi connectivity index (χ3n) is 2.18. The Morgan fingerprint density at radius 3 is 2.56 bits per heavy atom. The van der Waals surface area contributed by atoms with E-state index in [1.165, 1.54) is 17.1 Å². The zero-order chi connectivity index (χ0) is 12.5. The van der Waals surface area contributed by atoms with Crippen molar-refractivity contribution in [1.29, 1.82) is 0 Å². The van der Waals surface area contributed by atoms with Crippen LogP contribution in [-0.2, 0) is 32.8 Å². The van der Waals surface area contributed by atoms with Crippen LogP contribution in [0.25, 0.3) is 0 Å². The maximum Gasteiger partial charge on any atom is 0.370 e. The van der Waals surface area contributed by atoms with Crippen LogP contribution < -0.4 is 0 Å². The number of alkyl halides is 3. The molecule has 0 aliphatic carbocycles. The van der Waals surface area contributed by atoms with Crippen LogP contribution in [0.2, 0.25) is 0 Å². The van der Waals surface area contributed by atoms with Crippen molar-refractivity contribution in [2.75, 3.05) is 0 Å². The van der Waals surface area contributed by atoms with Gasteiger partial charge in [-0.15, -0.1) is 17.7 Å². The molecule has 0 bridgehead atoms. The first-order chi connectivity index (χ1) is 7.97. The number of nitrogens with zero attached hydrogens (tertiary/aromatic N) is 2. The number of hydrogen-bond acceptors (Lipinski definition) is 1. The molecule has 0 atom stereocenters. The molecule has 0 saturated heterocycles. The van der Waals surface area contributed by atoms with Gasteiger partial charge >= 0.3 is 6.18 Å². The summed E-state index contributed by atoms with van der Waals surface area (Å²) in [5.41, 5.74) is -1.16. The monoisotopic (exact) mass is 436 g/mol. The predicted molar refractivity (Wildman–Crippen MR) is 51.6 cm³/mol. The van der Waals surface area contributed by atoms with Gasteiger partial charge in [0.1, 0.15) is 0 Å². The zero-order valence-electron chi connectivity index (χ0n) is 8.83. The average molecular weight is 435 g/mol. The van der Waals surface area contributed by atoms with Gasteiger partial charge < -0.3 is 0 Å². The normalized spacial score (nSPS) is 11.1. The second-order valence-electron chi connectivity index (χ2n) is 3.40. The Kier molecular flexibility index (Phi) is 4.64. The largest absolute Gasteiger partial charge is 0.370 e. The van der Waals surface area contributed by atoms with Gasteiger partial charge in [0.2, 0.25) is 0 Å². The predicted octanol–water partition coefficient (Wildman–Crippen LogP) is 2.89. The van der Waals surface area contributed by atoms with Gasteiger partial charge in [-0.25, -0.2) is 4.39 Å². The van der Waals surface area contributed by atoms with E-state index in [-0.39, 0.29) is 32.2 Å². The van der Waals surface area contributed by atoms with Crippen molar-refractivity contribution in [3.05, 3.63) is 53.6 Å². The fourth-order valence-electron chi connectivity index (χ4n) is 1.46. The van der Waals surface area contributed by atoms with Crippen LogP contribution in [0.5, 0.6) is 0 Å². The van der Waals surface area contributed by atoms with Crippen LogP contribution in [0.3, 0.4) is 0 Å². The number of rotatable bonds is 2. The van der Waals surface area contributed by atoms with Crippen molar-refractivity contribution in [1.82, 2.24) is 9.78 Å². The molecule has 0 aliphatic rings. The van der Waals surface area contributed by atoms with E-state index in [9.17, 15) is 17.6 Å². The van der Waals surface area contributed by atoms with E-state index < -0.39 is 17.6 Å². The van der Waals surface area contributed by atoms with Gasteiger partial charge in [-0.3, -0.25) is 4.68 Å². The number of hydrogen-bond donors (Lipinski definition) is 0. The summed E-state index contributed by atoms with van der Waals surface area (Å²) in [5.74, 6) is -0.819. The SMILES string of the molecule is Fc1[c-]c(Cn2cccn2)c(C(F)(F)F)cc1.[Ir]. The maximum atomic E-state index is 12.9. The van der Waals surface area contributed by atoms with Gasteiger partial charge in [0.15, 0.2) is 0 Å². The summed E-state index contributed by atoms with van der Waals surface area (Å²) in [6.45, 7) is -0.167. The fourth-order valence-corrected chi connectivity index (χ4v) is 1.46. The average Bonchev–Trinajstić information content (AvgIpc) is 2.68. The minimum absolute atomic E-state index is 0. The molecule has 2 aromatic rings. The Morgan fingerprint density at radius 1 is 1.28 bits per heavy atom. The van der Waals surface area contributed by atoms with E-state index in [1.807, 2.05) is 0 Å². The molecule has 0 amide bonds. The van der Waals surface area contributed by atoms with Crippen LogP contribution in [0.1, 0.15) is 11.1 Å². The van der Waals surface area contributed by atoms with Crippen LogP contribution in [0, 0.1) is 11.9 Å². The molecule has 1 aromatic heterocycles. The van der Waals surface area contributed by atoms with Gasteiger partial charge in [-0.1, -0.05) is 0 Å². The molecule has 0 aliphatic heterocycles. The number of benzene rings is 1. The standard InChI is InChI=1S/C11H7F4N2.Ir/c12-9-2-3-10(11(13,14)15)8(6-9)7-17-5-1-4-16-17;/h1-5H,7H2;/q-1;. The van der Waals surface area contributed by atoms with Crippen molar-refractivity contribution in [2.24, 2.45) is 0 Å². The zero-order valence-corrected chi connectivity index (χ0v) is 11.2. The summed E-state index contributed by atoms with van der Waals surface area (Å²) in [4.78, 5) is 0. The van der Waals surface area contributed by atoms with E-state index in [0.29, 0.717) is 6.07 Å². The molecule has 0 saturated carbocycles. The summed E-state index contributed by atoms with van der Waals surface area (Å²) in [7, 11) is 0. The topological polar surface area (TPSA) is 17.8 Å². The maximum absolute atomic E-state index is 12.9. The molecule has 2 nitrogen and oxygen atoms in total. The van der Waals surface area contributed by atoms with Crippen molar-refractivity contribution < 1.29 is 37.7 Å². The van der Waals surface area contributed by atoms with Crippen molar-refractivity contribution in [2.45, 2.75) is 12.7 Å². The second kappa shape index (κ2) is 5.63. The third kappa shape index (κ3) is 3.40. The van der Waals surface area contributed by atoms with Crippen LogP contribution in [-0.4, -0.2) is 9.78 Å². The first-order valence-electron chi connectivity index (χ1n) is 4.72. The molecule has 2 rings (SSSR count). The molecule has 18 heavy (non-hydrogen) atoms. The summed E-state index contributed by atoms with van der Waals surface area (Å²) >= 11 is 0. The Balaban J connectivity index is 0.00000162. The second-order valence-corrected chi connectivity index (χ2v) is 3.40. The van der Waals surface area contributed by atoms with Gasteiger partial charge in [0.25, 0.3) is 0 Å². The molecule has 0 N–H and O–H groups in total. The molecule has 1 radical (unpaired) electrons. The summed E-state index contributed by atoms with van der Waals surface area (Å²) in [6.07, 6.45) is -1.59. The Labute approximate surface area is 114 Å². The van der Waals surface area contributed by atoms with Crippen molar-refractivity contribution >= 4 is 0 Å². The van der Waals surface area contributed by atoms with Crippen molar-refractivity contribution in [3.63, 3.8) is 0 Å². The van der Waals surface area contributed by atoms with E-state index in [0.717, 1.165) is 6.07 Å². The van der Waals surface area contributed by atoms with Crippen molar-refractivity contribution in [3.8, 4) is 0 Å². The molecule has 0 fully saturated rings. The van der Waals surface area contributed by atoms with Gasteiger partial charge in [-0.2, -0.15) is 24.3 Å². The van der Waals surface area contributed by atoms with Crippen LogP contribution in [0.15, 0.2) is 30.6 Å². The molecule has 0 spiro atoms. The summed E-state index contributed by atoms with van der Waals surface area (Å²) in [6, 6.07) is 5.11. The van der Waals surface area contributed by atoms with E-state index >= 15 is 0 Å². The molecule has 1 heterocycles. The smallest absolute Gasteiger partial charge is 0.270 e.